The van der Waals surface area contributed by atoms with E-state index in [1.165, 1.54) is 6.33 Å². The number of piperazine rings is 1. The number of ether oxygens (including phenoxy) is 3. The zero-order valence-corrected chi connectivity index (χ0v) is 27.4. The maximum Gasteiger partial charge on any atom is 0.410 e. The number of hydrogen-bond donors (Lipinski definition) is 0. The van der Waals surface area contributed by atoms with Crippen LogP contribution in [0.2, 0.25) is 5.02 Å². The molecule has 10 nitrogen and oxygen atoms in total. The Morgan fingerprint density at radius 1 is 1.09 bits per heavy atom. The molecule has 11 heteroatoms. The van der Waals surface area contributed by atoms with Crippen molar-refractivity contribution in [1.82, 2.24) is 29.3 Å². The van der Waals surface area contributed by atoms with Gasteiger partial charge in [0, 0.05) is 37.8 Å². The first-order valence-corrected chi connectivity index (χ1v) is 15.9. The second-order valence-corrected chi connectivity index (χ2v) is 13.6. The largest absolute Gasteiger partial charge is 0.492 e. The number of hydrogen-bond acceptors (Lipinski definition) is 8. The summed E-state index contributed by atoms with van der Waals surface area (Å²) in [6, 6.07) is 16.0. The first-order chi connectivity index (χ1) is 21.5. The molecule has 1 saturated carbocycles. The Morgan fingerprint density at radius 3 is 2.56 bits per heavy atom. The van der Waals surface area contributed by atoms with Gasteiger partial charge in [0.2, 0.25) is 5.88 Å². The SMILES string of the molecule is C[C@@H]1CN(CCOc2ccc(-c3nc4c(OC5(C)CC5)ncnc4n3Cc3ccccc3)c(Cl)c2)CCN1C(=O)OC(C)(C)C. The van der Waals surface area contributed by atoms with Crippen molar-refractivity contribution in [2.75, 3.05) is 32.8 Å². The maximum absolute atomic E-state index is 12.6. The predicted molar refractivity (Wildman–Crippen MR) is 174 cm³/mol. The van der Waals surface area contributed by atoms with Gasteiger partial charge in [0.15, 0.2) is 11.2 Å². The smallest absolute Gasteiger partial charge is 0.410 e. The van der Waals surface area contributed by atoms with Crippen LogP contribution in [0.1, 0.15) is 53.0 Å². The van der Waals surface area contributed by atoms with E-state index >= 15 is 0 Å². The van der Waals surface area contributed by atoms with E-state index in [0.717, 1.165) is 43.6 Å². The number of amides is 1. The summed E-state index contributed by atoms with van der Waals surface area (Å²) in [5.74, 6) is 1.86. The molecule has 2 aliphatic rings. The van der Waals surface area contributed by atoms with Crippen molar-refractivity contribution in [3.05, 3.63) is 65.4 Å². The molecule has 1 atom stereocenters. The molecule has 3 heterocycles. The molecule has 0 radical (unpaired) electrons. The topological polar surface area (TPSA) is 94.8 Å². The Hall–Kier alpha value is -3.89. The number of carbonyl (C=O) groups excluding carboxylic acids is 1. The van der Waals surface area contributed by atoms with Gasteiger partial charge in [-0.05, 0) is 71.2 Å². The summed E-state index contributed by atoms with van der Waals surface area (Å²) in [6.45, 7) is 13.7. The van der Waals surface area contributed by atoms with E-state index < -0.39 is 5.60 Å². The fraction of sp³-hybridized carbons (Fsp3) is 0.471. The summed E-state index contributed by atoms with van der Waals surface area (Å²) in [5, 5.41) is 0.529. The van der Waals surface area contributed by atoms with Crippen LogP contribution in [0.5, 0.6) is 11.6 Å². The second-order valence-electron chi connectivity index (χ2n) is 13.2. The molecule has 1 aliphatic carbocycles. The highest BCUT2D eigenvalue weighted by Crippen LogP contribution is 2.41. The minimum Gasteiger partial charge on any atom is -0.492 e. The molecule has 0 unspecified atom stereocenters. The molecule has 1 amide bonds. The van der Waals surface area contributed by atoms with Gasteiger partial charge in [-0.25, -0.2) is 14.8 Å². The first-order valence-electron chi connectivity index (χ1n) is 15.6. The van der Waals surface area contributed by atoms with Crippen molar-refractivity contribution in [1.29, 1.82) is 0 Å². The van der Waals surface area contributed by atoms with E-state index in [9.17, 15) is 4.79 Å². The molecule has 4 aromatic rings. The highest BCUT2D eigenvalue weighted by Gasteiger charge is 2.41. The third-order valence-corrected chi connectivity index (χ3v) is 8.49. The number of halogens is 1. The number of aromatic nitrogens is 4. The van der Waals surface area contributed by atoms with Gasteiger partial charge in [-0.2, -0.15) is 4.98 Å². The van der Waals surface area contributed by atoms with Crippen molar-refractivity contribution in [2.45, 2.75) is 71.2 Å². The molecule has 238 valence electrons. The zero-order valence-electron chi connectivity index (χ0n) is 26.6. The van der Waals surface area contributed by atoms with E-state index in [4.69, 9.17) is 30.8 Å². The van der Waals surface area contributed by atoms with Crippen molar-refractivity contribution < 1.29 is 19.0 Å². The molecule has 45 heavy (non-hydrogen) atoms. The summed E-state index contributed by atoms with van der Waals surface area (Å²) in [7, 11) is 0. The van der Waals surface area contributed by atoms with Gasteiger partial charge in [-0.3, -0.25) is 4.90 Å². The van der Waals surface area contributed by atoms with Crippen molar-refractivity contribution in [3.8, 4) is 23.0 Å². The molecule has 1 aliphatic heterocycles. The third-order valence-electron chi connectivity index (χ3n) is 8.18. The van der Waals surface area contributed by atoms with E-state index in [2.05, 4.69) is 38.5 Å². The molecule has 1 saturated heterocycles. The average Bonchev–Trinajstić information content (AvgIpc) is 3.60. The summed E-state index contributed by atoms with van der Waals surface area (Å²) in [5.41, 5.74) is 2.49. The number of nitrogens with zero attached hydrogens (tertiary/aromatic N) is 6. The van der Waals surface area contributed by atoms with Gasteiger partial charge < -0.3 is 23.7 Å². The number of rotatable bonds is 9. The fourth-order valence-corrected chi connectivity index (χ4v) is 5.77. The zero-order chi connectivity index (χ0) is 31.8. The lowest BCUT2D eigenvalue weighted by Gasteiger charge is -2.40. The van der Waals surface area contributed by atoms with Crippen LogP contribution in [0.4, 0.5) is 4.79 Å². The van der Waals surface area contributed by atoms with E-state index in [-0.39, 0.29) is 17.7 Å². The van der Waals surface area contributed by atoms with Crippen molar-refractivity contribution in [3.63, 3.8) is 0 Å². The van der Waals surface area contributed by atoms with Gasteiger partial charge in [0.1, 0.15) is 35.7 Å². The van der Waals surface area contributed by atoms with Crippen LogP contribution in [-0.2, 0) is 11.3 Å². The molecule has 0 bridgehead atoms. The highest BCUT2D eigenvalue weighted by molar-refractivity contribution is 6.33. The number of fused-ring (bicyclic) bond motifs is 1. The molecule has 2 aromatic heterocycles. The third kappa shape index (κ3) is 7.34. The van der Waals surface area contributed by atoms with Crippen LogP contribution in [0.25, 0.3) is 22.6 Å². The van der Waals surface area contributed by atoms with Crippen LogP contribution in [-0.4, -0.2) is 85.4 Å². The molecular weight excluding hydrogens is 592 g/mol. The van der Waals surface area contributed by atoms with Gasteiger partial charge in [0.25, 0.3) is 0 Å². The normalized spacial score (nSPS) is 18.2. The minimum atomic E-state index is -0.507. The summed E-state index contributed by atoms with van der Waals surface area (Å²) < 4.78 is 20.0. The van der Waals surface area contributed by atoms with Crippen LogP contribution in [0.15, 0.2) is 54.9 Å². The Morgan fingerprint density at radius 2 is 1.87 bits per heavy atom. The van der Waals surface area contributed by atoms with Gasteiger partial charge in [-0.1, -0.05) is 41.9 Å². The van der Waals surface area contributed by atoms with Crippen LogP contribution in [0, 0.1) is 0 Å². The summed E-state index contributed by atoms with van der Waals surface area (Å²) in [6.07, 6.45) is 3.26. The number of carbonyl (C=O) groups is 1. The summed E-state index contributed by atoms with van der Waals surface area (Å²) >= 11 is 6.90. The Labute approximate surface area is 269 Å². The van der Waals surface area contributed by atoms with Crippen LogP contribution in [0.3, 0.4) is 0 Å². The number of benzene rings is 2. The van der Waals surface area contributed by atoms with Gasteiger partial charge in [-0.15, -0.1) is 0 Å². The quantitative estimate of drug-likeness (QED) is 0.208. The molecule has 2 fully saturated rings. The lowest BCUT2D eigenvalue weighted by molar-refractivity contribution is 0.000355. The van der Waals surface area contributed by atoms with Crippen molar-refractivity contribution in [2.24, 2.45) is 0 Å². The minimum absolute atomic E-state index is 0.0558. The monoisotopic (exact) mass is 632 g/mol. The lowest BCUT2D eigenvalue weighted by Crippen LogP contribution is -2.55. The van der Waals surface area contributed by atoms with E-state index in [1.54, 1.807) is 4.90 Å². The van der Waals surface area contributed by atoms with E-state index in [0.29, 0.717) is 53.3 Å². The van der Waals surface area contributed by atoms with Crippen molar-refractivity contribution >= 4 is 28.9 Å². The fourth-order valence-electron chi connectivity index (χ4n) is 5.51. The Bertz CT molecular complexity index is 1670. The molecule has 6 rings (SSSR count). The van der Waals surface area contributed by atoms with Crippen LogP contribution >= 0.6 is 11.6 Å². The predicted octanol–water partition coefficient (Wildman–Crippen LogP) is 6.45. The first kappa shape index (κ1) is 31.1. The maximum atomic E-state index is 12.6. The molecule has 2 aromatic carbocycles. The highest BCUT2D eigenvalue weighted by atomic mass is 35.5. The molecule has 0 N–H and O–H groups in total. The average molecular weight is 633 g/mol. The molecule has 0 spiro atoms. The summed E-state index contributed by atoms with van der Waals surface area (Å²) in [4.78, 5) is 30.7. The standard InChI is InChI=1S/C34H41ClN6O4/c1-23-20-39(15-16-40(23)32(42)45-33(2,3)4)17-18-43-25-11-12-26(27(35)19-25)29-38-28-30(41(29)21-24-9-7-6-8-10-24)36-22-37-31(28)44-34(5)13-14-34/h6-12,19,22-23H,13-18,20-21H2,1-5H3/t23-/m1/s1. The Kier molecular flexibility index (Phi) is 8.63. The lowest BCUT2D eigenvalue weighted by atomic mass is 10.2. The Balaban J connectivity index is 1.16. The van der Waals surface area contributed by atoms with Gasteiger partial charge in [0.05, 0.1) is 11.6 Å². The second kappa shape index (κ2) is 12.5. The van der Waals surface area contributed by atoms with E-state index in [1.807, 2.05) is 64.1 Å². The van der Waals surface area contributed by atoms with Crippen LogP contribution < -0.4 is 9.47 Å². The van der Waals surface area contributed by atoms with Gasteiger partial charge >= 0.3 is 6.09 Å². The molecular formula is C34H41ClN6O4. The number of imidazole rings is 1.